The second-order valence-corrected chi connectivity index (χ2v) is 5.78. The minimum atomic E-state index is -1.07. The number of hydrogen-bond acceptors (Lipinski definition) is 2. The molecule has 6 heteroatoms. The fraction of sp³-hybridized carbons (Fsp3) is 0.385. The lowest BCUT2D eigenvalue weighted by Crippen LogP contribution is -2.45. The van der Waals surface area contributed by atoms with E-state index < -0.39 is 5.97 Å². The predicted molar refractivity (Wildman–Crippen MR) is 75.4 cm³/mol. The summed E-state index contributed by atoms with van der Waals surface area (Å²) < 4.78 is 0.713. The Bertz CT molecular complexity index is 513. The second-order valence-electron chi connectivity index (χ2n) is 4.87. The Morgan fingerprint density at radius 2 is 2.05 bits per heavy atom. The van der Waals surface area contributed by atoms with Crippen LogP contribution in [0, 0.1) is 5.92 Å². The lowest BCUT2D eigenvalue weighted by atomic mass is 9.82. The van der Waals surface area contributed by atoms with Gasteiger partial charge in [-0.25, -0.2) is 9.59 Å². The van der Waals surface area contributed by atoms with Crippen LogP contribution in [0.1, 0.15) is 30.1 Å². The van der Waals surface area contributed by atoms with Crippen molar-refractivity contribution in [3.8, 4) is 0 Å². The number of aromatic carboxylic acids is 1. The van der Waals surface area contributed by atoms with E-state index in [-0.39, 0.29) is 23.3 Å². The summed E-state index contributed by atoms with van der Waals surface area (Å²) in [6, 6.07) is 4.48. The average molecular weight is 327 g/mol. The number of benzene rings is 1. The number of hydrogen-bond donors (Lipinski definition) is 3. The largest absolute Gasteiger partial charge is 0.478 e. The zero-order chi connectivity index (χ0) is 14.0. The zero-order valence-corrected chi connectivity index (χ0v) is 12.0. The summed E-state index contributed by atoms with van der Waals surface area (Å²) >= 11 is 3.25. The molecule has 102 valence electrons. The molecular formula is C13H15BrN2O3. The van der Waals surface area contributed by atoms with Crippen LogP contribution in [0.25, 0.3) is 0 Å². The molecule has 1 aromatic rings. The minimum Gasteiger partial charge on any atom is -0.478 e. The number of carboxylic acids is 1. The van der Waals surface area contributed by atoms with Crippen LogP contribution in [0.3, 0.4) is 0 Å². The first kappa shape index (κ1) is 13.9. The Balaban J connectivity index is 2.03. The molecule has 0 unspecified atom stereocenters. The highest BCUT2D eigenvalue weighted by Crippen LogP contribution is 2.26. The Labute approximate surface area is 119 Å². The third-order valence-corrected chi connectivity index (χ3v) is 3.66. The number of anilines is 1. The summed E-state index contributed by atoms with van der Waals surface area (Å²) in [5, 5.41) is 14.5. The number of carbonyl (C=O) groups is 2. The van der Waals surface area contributed by atoms with Crippen molar-refractivity contribution in [1.29, 1.82) is 0 Å². The first-order valence-corrected chi connectivity index (χ1v) is 6.85. The van der Waals surface area contributed by atoms with E-state index in [9.17, 15) is 9.59 Å². The fourth-order valence-electron chi connectivity index (χ4n) is 2.17. The molecule has 1 fully saturated rings. The van der Waals surface area contributed by atoms with Crippen molar-refractivity contribution in [3.05, 3.63) is 28.2 Å². The fourth-order valence-corrected chi connectivity index (χ4v) is 2.53. The van der Waals surface area contributed by atoms with Crippen LogP contribution in [0.15, 0.2) is 22.7 Å². The quantitative estimate of drug-likeness (QED) is 0.798. The lowest BCUT2D eigenvalue weighted by Gasteiger charge is -2.33. The van der Waals surface area contributed by atoms with Gasteiger partial charge in [-0.3, -0.25) is 0 Å². The van der Waals surface area contributed by atoms with E-state index >= 15 is 0 Å². The molecule has 1 aliphatic carbocycles. The molecule has 2 rings (SSSR count). The molecule has 0 saturated heterocycles. The number of nitrogens with one attached hydrogen (secondary N) is 2. The Kier molecular flexibility index (Phi) is 4.09. The maximum atomic E-state index is 11.8. The number of urea groups is 1. The Morgan fingerprint density at radius 3 is 2.63 bits per heavy atom. The third kappa shape index (κ3) is 3.47. The smallest absolute Gasteiger partial charge is 0.337 e. The lowest BCUT2D eigenvalue weighted by molar-refractivity contribution is 0.0698. The predicted octanol–water partition coefficient (Wildman–Crippen LogP) is 3.07. The van der Waals surface area contributed by atoms with Crippen molar-refractivity contribution in [3.63, 3.8) is 0 Å². The van der Waals surface area contributed by atoms with Crippen LogP contribution in [0.4, 0.5) is 10.5 Å². The van der Waals surface area contributed by atoms with Crippen LogP contribution in [-0.2, 0) is 0 Å². The SMILES string of the molecule is CC1CC(NC(=O)Nc2cc(Br)ccc2C(=O)O)C1. The van der Waals surface area contributed by atoms with Crippen molar-refractivity contribution in [2.45, 2.75) is 25.8 Å². The monoisotopic (exact) mass is 326 g/mol. The molecule has 19 heavy (non-hydrogen) atoms. The summed E-state index contributed by atoms with van der Waals surface area (Å²) in [4.78, 5) is 22.8. The van der Waals surface area contributed by atoms with Crippen LogP contribution in [-0.4, -0.2) is 23.1 Å². The van der Waals surface area contributed by atoms with Gasteiger partial charge in [-0.2, -0.15) is 0 Å². The molecule has 0 aromatic heterocycles. The zero-order valence-electron chi connectivity index (χ0n) is 10.4. The second kappa shape index (κ2) is 5.61. The molecule has 0 bridgehead atoms. The van der Waals surface area contributed by atoms with Crippen molar-refractivity contribution >= 4 is 33.6 Å². The van der Waals surface area contributed by atoms with Crippen molar-refractivity contribution < 1.29 is 14.7 Å². The van der Waals surface area contributed by atoms with Crippen molar-refractivity contribution in [1.82, 2.24) is 5.32 Å². The van der Waals surface area contributed by atoms with Gasteiger partial charge in [0.15, 0.2) is 0 Å². The summed E-state index contributed by atoms with van der Waals surface area (Å²) in [5.74, 6) is -0.425. The number of amides is 2. The van der Waals surface area contributed by atoms with Gasteiger partial charge in [0, 0.05) is 10.5 Å². The van der Waals surface area contributed by atoms with Crippen molar-refractivity contribution in [2.24, 2.45) is 5.92 Å². The molecule has 2 amide bonds. The van der Waals surface area contributed by atoms with E-state index in [1.165, 1.54) is 6.07 Å². The topological polar surface area (TPSA) is 78.4 Å². The highest BCUT2D eigenvalue weighted by Gasteiger charge is 2.26. The number of halogens is 1. The van der Waals surface area contributed by atoms with Crippen LogP contribution in [0.5, 0.6) is 0 Å². The van der Waals surface area contributed by atoms with Crippen LogP contribution < -0.4 is 10.6 Å². The first-order valence-electron chi connectivity index (χ1n) is 6.06. The average Bonchev–Trinajstić information content (AvgIpc) is 2.26. The molecule has 1 saturated carbocycles. The van der Waals surface area contributed by atoms with E-state index in [2.05, 4.69) is 33.5 Å². The van der Waals surface area contributed by atoms with Gasteiger partial charge in [-0.05, 0) is 37.0 Å². The number of carbonyl (C=O) groups excluding carboxylic acids is 1. The van der Waals surface area contributed by atoms with Gasteiger partial charge in [0.1, 0.15) is 0 Å². The van der Waals surface area contributed by atoms with Gasteiger partial charge in [-0.15, -0.1) is 0 Å². The maximum absolute atomic E-state index is 11.8. The molecule has 0 aliphatic heterocycles. The number of rotatable bonds is 3. The standard InChI is InChI=1S/C13H15BrN2O3/c1-7-4-9(5-7)15-13(19)16-11-6-8(14)2-3-10(11)12(17)18/h2-3,6-7,9H,4-5H2,1H3,(H,17,18)(H2,15,16,19). The van der Waals surface area contributed by atoms with Gasteiger partial charge in [-0.1, -0.05) is 22.9 Å². The Morgan fingerprint density at radius 1 is 1.37 bits per heavy atom. The molecule has 0 radical (unpaired) electrons. The van der Waals surface area contributed by atoms with Gasteiger partial charge in [0.2, 0.25) is 0 Å². The van der Waals surface area contributed by atoms with Crippen molar-refractivity contribution in [2.75, 3.05) is 5.32 Å². The first-order chi connectivity index (χ1) is 8.95. The van der Waals surface area contributed by atoms with Gasteiger partial charge in [0.05, 0.1) is 11.3 Å². The van der Waals surface area contributed by atoms with Gasteiger partial charge < -0.3 is 15.7 Å². The van der Waals surface area contributed by atoms with E-state index in [4.69, 9.17) is 5.11 Å². The molecule has 5 nitrogen and oxygen atoms in total. The molecule has 1 aromatic carbocycles. The normalized spacial score (nSPS) is 21.4. The molecule has 0 heterocycles. The van der Waals surface area contributed by atoms with E-state index in [0.29, 0.717) is 10.4 Å². The summed E-state index contributed by atoms with van der Waals surface area (Å²) in [6.45, 7) is 2.13. The van der Waals surface area contributed by atoms with E-state index in [1.807, 2.05) is 0 Å². The summed E-state index contributed by atoms with van der Waals surface area (Å²) in [7, 11) is 0. The van der Waals surface area contributed by atoms with Crippen LogP contribution in [0.2, 0.25) is 0 Å². The molecular weight excluding hydrogens is 312 g/mol. The highest BCUT2D eigenvalue weighted by molar-refractivity contribution is 9.10. The molecule has 0 atom stereocenters. The summed E-state index contributed by atoms with van der Waals surface area (Å²) in [6.07, 6.45) is 1.94. The van der Waals surface area contributed by atoms with Gasteiger partial charge >= 0.3 is 12.0 Å². The minimum absolute atomic E-state index is 0.0697. The third-order valence-electron chi connectivity index (χ3n) is 3.17. The molecule has 1 aliphatic rings. The van der Waals surface area contributed by atoms with E-state index in [1.54, 1.807) is 12.1 Å². The molecule has 3 N–H and O–H groups in total. The highest BCUT2D eigenvalue weighted by atomic mass is 79.9. The van der Waals surface area contributed by atoms with Crippen LogP contribution >= 0.6 is 15.9 Å². The Hall–Kier alpha value is -1.56. The molecule has 0 spiro atoms. The van der Waals surface area contributed by atoms with E-state index in [0.717, 1.165) is 12.8 Å². The number of carboxylic acid groups (broad SMARTS) is 1. The van der Waals surface area contributed by atoms with Gasteiger partial charge in [0.25, 0.3) is 0 Å². The maximum Gasteiger partial charge on any atom is 0.337 e. The summed E-state index contributed by atoms with van der Waals surface area (Å²) in [5.41, 5.74) is 0.354.